The van der Waals surface area contributed by atoms with Crippen LogP contribution in [-0.4, -0.2) is 23.8 Å². The molecule has 1 heterocycles. The van der Waals surface area contributed by atoms with Gasteiger partial charge < -0.3 is 9.84 Å². The van der Waals surface area contributed by atoms with Gasteiger partial charge in [-0.05, 0) is 5.56 Å². The standard InChI is InChI=1S/C12H12O3/c13-12(14)10(11-8-15-11)7-6-9-4-2-1-3-5-9/h1-7,10-11H,8H2,(H,13,14)/b7-6+. The molecule has 0 bridgehead atoms. The number of epoxide rings is 1. The van der Waals surface area contributed by atoms with E-state index >= 15 is 0 Å². The molecule has 1 aromatic rings. The van der Waals surface area contributed by atoms with Gasteiger partial charge in [-0.25, -0.2) is 0 Å². The zero-order valence-corrected chi connectivity index (χ0v) is 8.17. The Hall–Kier alpha value is -1.61. The van der Waals surface area contributed by atoms with Crippen molar-refractivity contribution in [2.45, 2.75) is 6.10 Å². The van der Waals surface area contributed by atoms with Gasteiger partial charge in [0.2, 0.25) is 0 Å². The van der Waals surface area contributed by atoms with E-state index in [-0.39, 0.29) is 6.10 Å². The SMILES string of the molecule is O=C(O)C(/C=C/c1ccccc1)C1CO1. The molecule has 1 aliphatic heterocycles. The fourth-order valence-corrected chi connectivity index (χ4v) is 1.41. The molecule has 3 heteroatoms. The largest absolute Gasteiger partial charge is 0.481 e. The average molecular weight is 204 g/mol. The van der Waals surface area contributed by atoms with Crippen LogP contribution in [0.1, 0.15) is 5.56 Å². The summed E-state index contributed by atoms with van der Waals surface area (Å²) in [7, 11) is 0. The molecule has 1 fully saturated rings. The summed E-state index contributed by atoms with van der Waals surface area (Å²) >= 11 is 0. The van der Waals surface area contributed by atoms with Crippen molar-refractivity contribution in [3.05, 3.63) is 42.0 Å². The van der Waals surface area contributed by atoms with E-state index in [2.05, 4.69) is 0 Å². The maximum atomic E-state index is 10.9. The van der Waals surface area contributed by atoms with Gasteiger partial charge in [0.05, 0.1) is 12.7 Å². The van der Waals surface area contributed by atoms with Crippen LogP contribution >= 0.6 is 0 Å². The normalized spacial score (nSPS) is 21.5. The first kappa shape index (κ1) is 9.93. The number of carbonyl (C=O) groups is 1. The molecule has 2 rings (SSSR count). The zero-order chi connectivity index (χ0) is 10.7. The Morgan fingerprint density at radius 3 is 2.67 bits per heavy atom. The van der Waals surface area contributed by atoms with E-state index in [1.807, 2.05) is 36.4 Å². The lowest BCUT2D eigenvalue weighted by Gasteiger charge is -2.01. The van der Waals surface area contributed by atoms with Crippen LogP contribution in [0.3, 0.4) is 0 Å². The molecule has 1 N–H and O–H groups in total. The molecule has 2 atom stereocenters. The summed E-state index contributed by atoms with van der Waals surface area (Å²) in [6.45, 7) is 0.552. The summed E-state index contributed by atoms with van der Waals surface area (Å²) in [6.07, 6.45) is 3.37. The Bertz CT molecular complexity index is 366. The summed E-state index contributed by atoms with van der Waals surface area (Å²) in [5.41, 5.74) is 1.00. The monoisotopic (exact) mass is 204 g/mol. The molecule has 0 spiro atoms. The molecule has 0 saturated carbocycles. The van der Waals surface area contributed by atoms with Crippen molar-refractivity contribution < 1.29 is 14.6 Å². The molecular formula is C12H12O3. The highest BCUT2D eigenvalue weighted by molar-refractivity contribution is 5.75. The van der Waals surface area contributed by atoms with Crippen molar-refractivity contribution in [1.29, 1.82) is 0 Å². The second-order valence-electron chi connectivity index (χ2n) is 3.51. The van der Waals surface area contributed by atoms with Crippen LogP contribution in [0.5, 0.6) is 0 Å². The van der Waals surface area contributed by atoms with Crippen LogP contribution in [-0.2, 0) is 9.53 Å². The van der Waals surface area contributed by atoms with Crippen molar-refractivity contribution >= 4 is 12.0 Å². The number of ether oxygens (including phenoxy) is 1. The maximum absolute atomic E-state index is 10.9. The molecule has 1 aliphatic rings. The van der Waals surface area contributed by atoms with Gasteiger partial charge in [-0.3, -0.25) is 4.79 Å². The first-order chi connectivity index (χ1) is 7.27. The first-order valence-electron chi connectivity index (χ1n) is 4.85. The Balaban J connectivity index is 2.05. The maximum Gasteiger partial charge on any atom is 0.313 e. The number of rotatable bonds is 4. The van der Waals surface area contributed by atoms with Gasteiger partial charge in [-0.2, -0.15) is 0 Å². The second-order valence-corrected chi connectivity index (χ2v) is 3.51. The summed E-state index contributed by atoms with van der Waals surface area (Å²) in [6, 6.07) is 9.63. The van der Waals surface area contributed by atoms with E-state index in [0.717, 1.165) is 5.56 Å². The van der Waals surface area contributed by atoms with Crippen molar-refractivity contribution in [2.24, 2.45) is 5.92 Å². The lowest BCUT2D eigenvalue weighted by atomic mass is 10.0. The Morgan fingerprint density at radius 2 is 2.13 bits per heavy atom. The van der Waals surface area contributed by atoms with Gasteiger partial charge in [-0.1, -0.05) is 42.5 Å². The predicted molar refractivity (Wildman–Crippen MR) is 56.3 cm³/mol. The molecule has 0 radical (unpaired) electrons. The quantitative estimate of drug-likeness (QED) is 0.761. The Labute approximate surface area is 88.0 Å². The number of hydrogen-bond acceptors (Lipinski definition) is 2. The van der Waals surface area contributed by atoms with Gasteiger partial charge in [0.25, 0.3) is 0 Å². The number of hydrogen-bond donors (Lipinski definition) is 1. The van der Waals surface area contributed by atoms with Crippen molar-refractivity contribution in [3.63, 3.8) is 0 Å². The highest BCUT2D eigenvalue weighted by atomic mass is 16.6. The Kier molecular flexibility index (Phi) is 2.83. The van der Waals surface area contributed by atoms with Crippen molar-refractivity contribution in [1.82, 2.24) is 0 Å². The summed E-state index contributed by atoms with van der Waals surface area (Å²) < 4.78 is 4.99. The summed E-state index contributed by atoms with van der Waals surface area (Å²) in [5, 5.41) is 8.93. The Morgan fingerprint density at radius 1 is 1.47 bits per heavy atom. The average Bonchev–Trinajstić information content (AvgIpc) is 3.03. The molecule has 0 amide bonds. The third-order valence-corrected chi connectivity index (χ3v) is 2.34. The first-order valence-corrected chi connectivity index (χ1v) is 4.85. The van der Waals surface area contributed by atoms with E-state index < -0.39 is 11.9 Å². The molecule has 1 saturated heterocycles. The summed E-state index contributed by atoms with van der Waals surface area (Å²) in [5.74, 6) is -1.35. The highest BCUT2D eigenvalue weighted by Gasteiger charge is 2.35. The zero-order valence-electron chi connectivity index (χ0n) is 8.17. The predicted octanol–water partition coefficient (Wildman–Crippen LogP) is 1.80. The molecule has 1 aromatic carbocycles. The van der Waals surface area contributed by atoms with E-state index in [1.54, 1.807) is 6.08 Å². The minimum absolute atomic E-state index is 0.137. The summed E-state index contributed by atoms with van der Waals surface area (Å²) in [4.78, 5) is 10.9. The lowest BCUT2D eigenvalue weighted by Crippen LogP contribution is -2.16. The second kappa shape index (κ2) is 4.28. The molecule has 78 valence electrons. The molecule has 0 aromatic heterocycles. The molecule has 15 heavy (non-hydrogen) atoms. The minimum atomic E-state index is -0.829. The van der Waals surface area contributed by atoms with Crippen LogP contribution in [0.25, 0.3) is 6.08 Å². The van der Waals surface area contributed by atoms with Gasteiger partial charge in [0, 0.05) is 0 Å². The fraction of sp³-hybridized carbons (Fsp3) is 0.250. The van der Waals surface area contributed by atoms with E-state index in [4.69, 9.17) is 9.84 Å². The third kappa shape index (κ3) is 2.67. The smallest absolute Gasteiger partial charge is 0.313 e. The number of benzene rings is 1. The van der Waals surface area contributed by atoms with Gasteiger partial charge in [-0.15, -0.1) is 0 Å². The van der Waals surface area contributed by atoms with Crippen LogP contribution in [0, 0.1) is 5.92 Å². The van der Waals surface area contributed by atoms with E-state index in [1.165, 1.54) is 0 Å². The van der Waals surface area contributed by atoms with Crippen molar-refractivity contribution in [3.8, 4) is 0 Å². The number of carboxylic acid groups (broad SMARTS) is 1. The van der Waals surface area contributed by atoms with Crippen molar-refractivity contribution in [2.75, 3.05) is 6.61 Å². The van der Waals surface area contributed by atoms with Gasteiger partial charge in [0.1, 0.15) is 5.92 Å². The fourth-order valence-electron chi connectivity index (χ4n) is 1.41. The van der Waals surface area contributed by atoms with Crippen LogP contribution in [0.15, 0.2) is 36.4 Å². The van der Waals surface area contributed by atoms with Crippen LogP contribution in [0.2, 0.25) is 0 Å². The number of carboxylic acids is 1. The molecule has 3 nitrogen and oxygen atoms in total. The molecule has 2 unspecified atom stereocenters. The minimum Gasteiger partial charge on any atom is -0.481 e. The van der Waals surface area contributed by atoms with E-state index in [0.29, 0.717) is 6.61 Å². The third-order valence-electron chi connectivity index (χ3n) is 2.34. The van der Waals surface area contributed by atoms with Gasteiger partial charge >= 0.3 is 5.97 Å². The van der Waals surface area contributed by atoms with Gasteiger partial charge in [0.15, 0.2) is 0 Å². The number of aliphatic carboxylic acids is 1. The van der Waals surface area contributed by atoms with E-state index in [9.17, 15) is 4.79 Å². The lowest BCUT2D eigenvalue weighted by molar-refractivity contribution is -0.140. The topological polar surface area (TPSA) is 49.8 Å². The molecule has 0 aliphatic carbocycles. The molecular weight excluding hydrogens is 192 g/mol. The van der Waals surface area contributed by atoms with Crippen LogP contribution < -0.4 is 0 Å². The van der Waals surface area contributed by atoms with Crippen LogP contribution in [0.4, 0.5) is 0 Å². The highest BCUT2D eigenvalue weighted by Crippen LogP contribution is 2.22.